The fourth-order valence-electron chi connectivity index (χ4n) is 1.06. The molecular weight excluding hydrogens is 193 g/mol. The van der Waals surface area contributed by atoms with Crippen LogP contribution in [0.15, 0.2) is 18.2 Å². The van der Waals surface area contributed by atoms with Gasteiger partial charge in [0.15, 0.2) is 0 Å². The molecule has 0 aliphatic heterocycles. The van der Waals surface area contributed by atoms with Gasteiger partial charge in [-0.1, -0.05) is 13.0 Å². The van der Waals surface area contributed by atoms with Gasteiger partial charge in [0.05, 0.1) is 12.2 Å². The van der Waals surface area contributed by atoms with Crippen molar-refractivity contribution in [2.24, 2.45) is 0 Å². The monoisotopic (exact) mass is 211 g/mol. The normalized spacial score (nSPS) is 11.7. The Bertz CT molecular complexity index is 336. The van der Waals surface area contributed by atoms with Gasteiger partial charge < -0.3 is 10.5 Å². The number of hydrogen-bond acceptors (Lipinski definition) is 2. The predicted molar refractivity (Wildman–Crippen MR) is 60.0 cm³/mol. The van der Waals surface area contributed by atoms with E-state index < -0.39 is 0 Å². The van der Waals surface area contributed by atoms with Crippen molar-refractivity contribution in [2.75, 3.05) is 5.73 Å². The van der Waals surface area contributed by atoms with Crippen LogP contribution in [0.3, 0.4) is 0 Å². The van der Waals surface area contributed by atoms with Crippen molar-refractivity contribution in [3.05, 3.63) is 29.6 Å². The standard InChI is InChI=1S/C12H18FNO/c1-4-12(2,3)15-8-9-5-6-10(14)7-11(9)13/h5-7H,4,8,14H2,1-3H3. The van der Waals surface area contributed by atoms with Crippen LogP contribution in [0.4, 0.5) is 10.1 Å². The molecule has 0 amide bonds. The molecule has 0 saturated heterocycles. The van der Waals surface area contributed by atoms with Crippen molar-refractivity contribution in [2.45, 2.75) is 39.4 Å². The van der Waals surface area contributed by atoms with Crippen LogP contribution in [-0.2, 0) is 11.3 Å². The summed E-state index contributed by atoms with van der Waals surface area (Å²) in [6, 6.07) is 4.66. The van der Waals surface area contributed by atoms with E-state index in [-0.39, 0.29) is 18.0 Å². The Morgan fingerprint density at radius 2 is 2.07 bits per heavy atom. The van der Waals surface area contributed by atoms with Gasteiger partial charge in [0, 0.05) is 11.3 Å². The summed E-state index contributed by atoms with van der Waals surface area (Å²) in [5, 5.41) is 0. The lowest BCUT2D eigenvalue weighted by Crippen LogP contribution is -2.22. The van der Waals surface area contributed by atoms with E-state index in [9.17, 15) is 4.39 Å². The van der Waals surface area contributed by atoms with Crippen LogP contribution in [0.5, 0.6) is 0 Å². The summed E-state index contributed by atoms with van der Waals surface area (Å²) >= 11 is 0. The minimum absolute atomic E-state index is 0.214. The maximum Gasteiger partial charge on any atom is 0.130 e. The summed E-state index contributed by atoms with van der Waals surface area (Å²) in [4.78, 5) is 0. The first-order chi connectivity index (χ1) is 6.94. The smallest absolute Gasteiger partial charge is 0.130 e. The van der Waals surface area contributed by atoms with Crippen LogP contribution in [0.2, 0.25) is 0 Å². The Morgan fingerprint density at radius 3 is 2.60 bits per heavy atom. The van der Waals surface area contributed by atoms with Crippen LogP contribution in [0.25, 0.3) is 0 Å². The maximum atomic E-state index is 13.4. The first-order valence-electron chi connectivity index (χ1n) is 5.12. The summed E-state index contributed by atoms with van der Waals surface area (Å²) in [5.74, 6) is -0.304. The summed E-state index contributed by atoms with van der Waals surface area (Å²) in [6.45, 7) is 6.30. The summed E-state index contributed by atoms with van der Waals surface area (Å²) in [7, 11) is 0. The molecule has 0 unspecified atom stereocenters. The second-order valence-corrected chi connectivity index (χ2v) is 4.25. The van der Waals surface area contributed by atoms with Gasteiger partial charge in [-0.2, -0.15) is 0 Å². The minimum atomic E-state index is -0.304. The quantitative estimate of drug-likeness (QED) is 0.777. The van der Waals surface area contributed by atoms with Crippen molar-refractivity contribution in [1.82, 2.24) is 0 Å². The largest absolute Gasteiger partial charge is 0.399 e. The summed E-state index contributed by atoms with van der Waals surface area (Å²) < 4.78 is 19.0. The van der Waals surface area contributed by atoms with Crippen LogP contribution in [0, 0.1) is 5.82 Å². The lowest BCUT2D eigenvalue weighted by Gasteiger charge is -2.23. The number of anilines is 1. The van der Waals surface area contributed by atoms with Crippen molar-refractivity contribution in [3.8, 4) is 0 Å². The molecule has 0 fully saturated rings. The Morgan fingerprint density at radius 1 is 1.40 bits per heavy atom. The third kappa shape index (κ3) is 3.51. The number of nitrogen functional groups attached to an aromatic ring is 1. The highest BCUT2D eigenvalue weighted by atomic mass is 19.1. The van der Waals surface area contributed by atoms with E-state index in [0.717, 1.165) is 6.42 Å². The van der Waals surface area contributed by atoms with Crippen molar-refractivity contribution >= 4 is 5.69 Å². The molecule has 0 saturated carbocycles. The molecule has 1 rings (SSSR count). The van der Waals surface area contributed by atoms with E-state index in [1.165, 1.54) is 6.07 Å². The second-order valence-electron chi connectivity index (χ2n) is 4.25. The van der Waals surface area contributed by atoms with Gasteiger partial charge >= 0.3 is 0 Å². The van der Waals surface area contributed by atoms with Gasteiger partial charge in [0.2, 0.25) is 0 Å². The molecule has 3 heteroatoms. The highest BCUT2D eigenvalue weighted by Crippen LogP contribution is 2.19. The number of nitrogens with two attached hydrogens (primary N) is 1. The molecule has 0 heterocycles. The molecule has 1 aromatic rings. The zero-order valence-corrected chi connectivity index (χ0v) is 9.51. The molecule has 0 spiro atoms. The summed E-state index contributed by atoms with van der Waals surface area (Å²) in [6.07, 6.45) is 0.892. The fraction of sp³-hybridized carbons (Fsp3) is 0.500. The molecule has 2 N–H and O–H groups in total. The van der Waals surface area contributed by atoms with Gasteiger partial charge in [-0.05, 0) is 32.4 Å². The zero-order chi connectivity index (χ0) is 11.5. The van der Waals surface area contributed by atoms with Gasteiger partial charge in [-0.25, -0.2) is 4.39 Å². The number of hydrogen-bond donors (Lipinski definition) is 1. The molecule has 0 atom stereocenters. The zero-order valence-electron chi connectivity index (χ0n) is 9.51. The van der Waals surface area contributed by atoms with Gasteiger partial charge in [-0.15, -0.1) is 0 Å². The topological polar surface area (TPSA) is 35.2 Å². The van der Waals surface area contributed by atoms with E-state index in [2.05, 4.69) is 0 Å². The predicted octanol–water partition coefficient (Wildman–Crippen LogP) is 3.11. The Hall–Kier alpha value is -1.09. The average molecular weight is 211 g/mol. The van der Waals surface area contributed by atoms with E-state index in [1.807, 2.05) is 20.8 Å². The molecule has 84 valence electrons. The van der Waals surface area contributed by atoms with Gasteiger partial charge in [0.25, 0.3) is 0 Å². The average Bonchev–Trinajstić information content (AvgIpc) is 2.16. The van der Waals surface area contributed by atoms with E-state index >= 15 is 0 Å². The fourth-order valence-corrected chi connectivity index (χ4v) is 1.06. The van der Waals surface area contributed by atoms with Crippen molar-refractivity contribution < 1.29 is 9.13 Å². The SMILES string of the molecule is CCC(C)(C)OCc1ccc(N)cc1F. The molecule has 0 aliphatic rings. The molecule has 0 aliphatic carbocycles. The summed E-state index contributed by atoms with van der Waals surface area (Å²) in [5.41, 5.74) is 6.22. The van der Waals surface area contributed by atoms with Crippen LogP contribution < -0.4 is 5.73 Å². The first-order valence-corrected chi connectivity index (χ1v) is 5.12. The third-order valence-corrected chi connectivity index (χ3v) is 2.55. The first kappa shape index (κ1) is 12.0. The lowest BCUT2D eigenvalue weighted by atomic mass is 10.1. The molecule has 1 aromatic carbocycles. The van der Waals surface area contributed by atoms with Crippen LogP contribution in [0.1, 0.15) is 32.8 Å². The Balaban J connectivity index is 2.66. The molecular formula is C12H18FNO. The van der Waals surface area contributed by atoms with Crippen molar-refractivity contribution in [1.29, 1.82) is 0 Å². The molecule has 2 nitrogen and oxygen atoms in total. The van der Waals surface area contributed by atoms with Crippen LogP contribution in [-0.4, -0.2) is 5.60 Å². The second kappa shape index (κ2) is 4.62. The Labute approximate surface area is 90.2 Å². The number of rotatable bonds is 4. The highest BCUT2D eigenvalue weighted by Gasteiger charge is 2.16. The third-order valence-electron chi connectivity index (χ3n) is 2.55. The number of benzene rings is 1. The van der Waals surface area contributed by atoms with E-state index in [0.29, 0.717) is 11.3 Å². The molecule has 15 heavy (non-hydrogen) atoms. The minimum Gasteiger partial charge on any atom is -0.399 e. The molecule has 0 aromatic heterocycles. The van der Waals surface area contributed by atoms with E-state index in [1.54, 1.807) is 12.1 Å². The molecule has 0 radical (unpaired) electrons. The van der Waals surface area contributed by atoms with Gasteiger partial charge in [-0.3, -0.25) is 0 Å². The lowest BCUT2D eigenvalue weighted by molar-refractivity contribution is -0.0326. The van der Waals surface area contributed by atoms with Gasteiger partial charge in [0.1, 0.15) is 5.82 Å². The van der Waals surface area contributed by atoms with Crippen molar-refractivity contribution in [3.63, 3.8) is 0 Å². The van der Waals surface area contributed by atoms with Crippen LogP contribution >= 0.6 is 0 Å². The number of halogens is 1. The molecule has 0 bridgehead atoms. The van der Waals surface area contributed by atoms with E-state index in [4.69, 9.17) is 10.5 Å². The maximum absolute atomic E-state index is 13.4. The number of ether oxygens (including phenoxy) is 1. The highest BCUT2D eigenvalue weighted by molar-refractivity contribution is 5.40. The Kier molecular flexibility index (Phi) is 3.69.